The van der Waals surface area contributed by atoms with Crippen LogP contribution in [-0.2, 0) is 15.1 Å². The Bertz CT molecular complexity index is 1120. The van der Waals surface area contributed by atoms with Gasteiger partial charge in [-0.3, -0.25) is 9.48 Å². The van der Waals surface area contributed by atoms with E-state index in [2.05, 4.69) is 15.4 Å². The first kappa shape index (κ1) is 21.4. The molecule has 2 aromatic heterocycles. The quantitative estimate of drug-likeness (QED) is 0.625. The summed E-state index contributed by atoms with van der Waals surface area (Å²) in [5, 5.41) is 8.05. The Morgan fingerprint density at radius 1 is 1.26 bits per heavy atom. The van der Waals surface area contributed by atoms with Crippen LogP contribution in [0.4, 0.5) is 24.7 Å². The van der Waals surface area contributed by atoms with Gasteiger partial charge in [-0.1, -0.05) is 12.1 Å². The van der Waals surface area contributed by atoms with Crippen LogP contribution in [0, 0.1) is 0 Å². The fourth-order valence-electron chi connectivity index (χ4n) is 3.79. The molecule has 3 heterocycles. The van der Waals surface area contributed by atoms with Gasteiger partial charge >= 0.3 is 6.18 Å². The molecule has 3 aromatic rings. The molecule has 1 aromatic carbocycles. The average Bonchev–Trinajstić information content (AvgIpc) is 3.13. The number of ether oxygens (including phenoxy) is 2. The number of aromatic amines is 1. The summed E-state index contributed by atoms with van der Waals surface area (Å²) in [5.41, 5.74) is -1.58. The van der Waals surface area contributed by atoms with Crippen molar-refractivity contribution in [2.45, 2.75) is 37.6 Å². The van der Waals surface area contributed by atoms with Gasteiger partial charge in [0.25, 0.3) is 5.56 Å². The molecule has 1 fully saturated rings. The van der Waals surface area contributed by atoms with Gasteiger partial charge in [-0.25, -0.2) is 0 Å². The number of alkyl halides is 3. The number of hydrogen-bond acceptors (Lipinski definition) is 5. The number of H-pyrrole nitrogens is 1. The number of halogens is 3. The van der Waals surface area contributed by atoms with Crippen molar-refractivity contribution in [2.24, 2.45) is 0 Å². The van der Waals surface area contributed by atoms with E-state index < -0.39 is 11.8 Å². The van der Waals surface area contributed by atoms with Gasteiger partial charge in [0.2, 0.25) is 0 Å². The highest BCUT2D eigenvalue weighted by Crippen LogP contribution is 2.41. The first-order valence-electron chi connectivity index (χ1n) is 9.91. The normalized spacial score (nSPS) is 19.3. The van der Waals surface area contributed by atoms with Crippen LogP contribution in [0.25, 0.3) is 10.9 Å². The molecule has 4 rings (SSSR count). The lowest BCUT2D eigenvalue weighted by Gasteiger charge is -2.31. The van der Waals surface area contributed by atoms with Crippen LogP contribution in [0.2, 0.25) is 0 Å². The largest absolute Gasteiger partial charge is 0.421 e. The van der Waals surface area contributed by atoms with Crippen LogP contribution in [0.1, 0.15) is 31.4 Å². The molecule has 7 nitrogen and oxygen atoms in total. The van der Waals surface area contributed by atoms with Crippen molar-refractivity contribution in [1.82, 2.24) is 14.8 Å². The highest BCUT2D eigenvalue weighted by molar-refractivity contribution is 5.91. The second-order valence-electron chi connectivity index (χ2n) is 7.67. The van der Waals surface area contributed by atoms with E-state index >= 15 is 0 Å². The number of pyridine rings is 1. The fourth-order valence-corrected chi connectivity index (χ4v) is 3.79. The number of benzene rings is 1. The van der Waals surface area contributed by atoms with Crippen LogP contribution in [0.5, 0.6) is 0 Å². The van der Waals surface area contributed by atoms with E-state index in [1.807, 2.05) is 0 Å². The molecule has 0 spiro atoms. The van der Waals surface area contributed by atoms with Gasteiger partial charge in [0, 0.05) is 25.6 Å². The Morgan fingerprint density at radius 2 is 2.00 bits per heavy atom. The molecule has 1 aliphatic heterocycles. The van der Waals surface area contributed by atoms with Crippen molar-refractivity contribution >= 4 is 22.4 Å². The number of anilines is 2. The lowest BCUT2D eigenvalue weighted by molar-refractivity contribution is -0.269. The Morgan fingerprint density at radius 3 is 2.61 bits per heavy atom. The molecule has 0 amide bonds. The predicted octanol–water partition coefficient (Wildman–Crippen LogP) is 4.24. The number of hydrogen-bond donors (Lipinski definition) is 2. The predicted molar refractivity (Wildman–Crippen MR) is 110 cm³/mol. The summed E-state index contributed by atoms with van der Waals surface area (Å²) >= 11 is 0. The van der Waals surface area contributed by atoms with Crippen LogP contribution >= 0.6 is 0 Å². The maximum Gasteiger partial charge on any atom is 0.421 e. The molecule has 2 atom stereocenters. The molecule has 0 saturated carbocycles. The summed E-state index contributed by atoms with van der Waals surface area (Å²) in [5.74, 6) is 0.334. The Balaban J connectivity index is 1.68. The lowest BCUT2D eigenvalue weighted by atomic mass is 9.95. The summed E-state index contributed by atoms with van der Waals surface area (Å²) in [4.78, 5) is 15.1. The van der Waals surface area contributed by atoms with E-state index in [-0.39, 0.29) is 17.2 Å². The van der Waals surface area contributed by atoms with E-state index in [1.165, 1.54) is 24.3 Å². The van der Waals surface area contributed by atoms with E-state index in [1.54, 1.807) is 16.9 Å². The van der Waals surface area contributed by atoms with E-state index in [4.69, 9.17) is 9.47 Å². The third-order valence-electron chi connectivity index (χ3n) is 5.76. The number of nitrogens with one attached hydrogen (secondary N) is 2. The van der Waals surface area contributed by atoms with E-state index in [9.17, 15) is 18.0 Å². The SMILES string of the molecule is COC(C)(c1ccc(Nc2nn(C3CCCOC3)c3cc[nH]c(=O)c23)cc1)C(F)(F)F. The van der Waals surface area contributed by atoms with Gasteiger partial charge in [0.15, 0.2) is 11.4 Å². The standard InChI is InChI=1S/C21H23F3N4O3/c1-20(30-2,21(22,23)24)13-5-7-14(8-6-13)26-18-17-16(9-10-25-19(17)29)28(27-18)15-4-3-11-31-12-15/h5-10,15H,3-4,11-12H2,1-2H3,(H,25,29)(H,26,27). The number of rotatable bonds is 5. The molecular weight excluding hydrogens is 413 g/mol. The Hall–Kier alpha value is -2.85. The Labute approximate surface area is 176 Å². The third kappa shape index (κ3) is 3.81. The molecule has 0 bridgehead atoms. The van der Waals surface area contributed by atoms with Crippen molar-refractivity contribution in [3.63, 3.8) is 0 Å². The van der Waals surface area contributed by atoms with Crippen LogP contribution in [-0.4, -0.2) is 41.3 Å². The minimum Gasteiger partial charge on any atom is -0.379 e. The summed E-state index contributed by atoms with van der Waals surface area (Å²) in [7, 11) is 1.03. The van der Waals surface area contributed by atoms with Gasteiger partial charge in [0.05, 0.1) is 18.2 Å². The number of nitrogens with zero attached hydrogens (tertiary/aromatic N) is 2. The van der Waals surface area contributed by atoms with Crippen molar-refractivity contribution in [3.05, 3.63) is 52.4 Å². The smallest absolute Gasteiger partial charge is 0.379 e. The molecule has 0 aliphatic carbocycles. The second kappa shape index (κ2) is 8.01. The summed E-state index contributed by atoms with van der Waals surface area (Å²) < 4.78 is 52.4. The molecule has 2 unspecified atom stereocenters. The molecule has 1 aliphatic rings. The zero-order chi connectivity index (χ0) is 22.2. The molecule has 31 heavy (non-hydrogen) atoms. The highest BCUT2D eigenvalue weighted by Gasteiger charge is 2.53. The van der Waals surface area contributed by atoms with Crippen molar-refractivity contribution in [2.75, 3.05) is 25.6 Å². The Kier molecular flexibility index (Phi) is 5.52. The summed E-state index contributed by atoms with van der Waals surface area (Å²) in [6.45, 7) is 2.19. The molecular formula is C21H23F3N4O3. The molecule has 10 heteroatoms. The maximum atomic E-state index is 13.4. The van der Waals surface area contributed by atoms with Crippen molar-refractivity contribution in [3.8, 4) is 0 Å². The minimum atomic E-state index is -4.57. The molecule has 1 saturated heterocycles. The van der Waals surface area contributed by atoms with Crippen molar-refractivity contribution < 1.29 is 22.6 Å². The van der Waals surface area contributed by atoms with Gasteiger partial charge < -0.3 is 19.8 Å². The third-order valence-corrected chi connectivity index (χ3v) is 5.76. The van der Waals surface area contributed by atoms with Crippen LogP contribution in [0.3, 0.4) is 0 Å². The minimum absolute atomic E-state index is 0.00479. The summed E-state index contributed by atoms with van der Waals surface area (Å²) in [6.07, 6.45) is -1.23. The first-order valence-corrected chi connectivity index (χ1v) is 9.91. The zero-order valence-electron chi connectivity index (χ0n) is 17.1. The van der Waals surface area contributed by atoms with Crippen molar-refractivity contribution in [1.29, 1.82) is 0 Å². The van der Waals surface area contributed by atoms with Gasteiger partial charge in [-0.2, -0.15) is 18.3 Å². The maximum absolute atomic E-state index is 13.4. The lowest BCUT2D eigenvalue weighted by Crippen LogP contribution is -2.41. The first-order chi connectivity index (χ1) is 14.7. The monoisotopic (exact) mass is 436 g/mol. The van der Waals surface area contributed by atoms with Crippen LogP contribution < -0.4 is 10.9 Å². The number of fused-ring (bicyclic) bond motifs is 1. The molecule has 2 N–H and O–H groups in total. The highest BCUT2D eigenvalue weighted by atomic mass is 19.4. The van der Waals surface area contributed by atoms with E-state index in [0.717, 1.165) is 26.9 Å². The van der Waals surface area contributed by atoms with Gasteiger partial charge in [0.1, 0.15) is 5.39 Å². The number of methoxy groups -OCH3 is 1. The van der Waals surface area contributed by atoms with Gasteiger partial charge in [-0.05, 0) is 43.5 Å². The second-order valence-corrected chi connectivity index (χ2v) is 7.67. The number of aromatic nitrogens is 3. The van der Waals surface area contributed by atoms with E-state index in [0.29, 0.717) is 35.6 Å². The summed E-state index contributed by atoms with van der Waals surface area (Å²) in [6, 6.07) is 7.48. The van der Waals surface area contributed by atoms with Crippen LogP contribution in [0.15, 0.2) is 41.3 Å². The fraction of sp³-hybridized carbons (Fsp3) is 0.429. The molecule has 0 radical (unpaired) electrons. The molecule has 166 valence electrons. The zero-order valence-corrected chi connectivity index (χ0v) is 17.1. The topological polar surface area (TPSA) is 81.2 Å². The average molecular weight is 436 g/mol. The van der Waals surface area contributed by atoms with Gasteiger partial charge in [-0.15, -0.1) is 0 Å².